The van der Waals surface area contributed by atoms with Crippen LogP contribution in [0.5, 0.6) is 5.75 Å². The van der Waals surface area contributed by atoms with Crippen LogP contribution < -0.4 is 4.74 Å². The summed E-state index contributed by atoms with van der Waals surface area (Å²) < 4.78 is 44.5. The third kappa shape index (κ3) is 3.44. The predicted octanol–water partition coefficient (Wildman–Crippen LogP) is 2.84. The summed E-state index contributed by atoms with van der Waals surface area (Å²) in [6.07, 6.45) is -3.18. The number of rotatable bonds is 2. The van der Waals surface area contributed by atoms with Gasteiger partial charge in [0.1, 0.15) is 12.4 Å². The smallest absolute Gasteiger partial charge is 0.394 e. The topological polar surface area (TPSA) is 66.8 Å². The van der Waals surface area contributed by atoms with E-state index in [1.807, 2.05) is 0 Å². The van der Waals surface area contributed by atoms with E-state index in [4.69, 9.17) is 21.4 Å². The molecular formula is C16H13ClF3NO4. The van der Waals surface area contributed by atoms with Gasteiger partial charge in [-0.25, -0.2) is 0 Å². The summed E-state index contributed by atoms with van der Waals surface area (Å²) in [7, 11) is 0. The highest BCUT2D eigenvalue weighted by molar-refractivity contribution is 6.30. The van der Waals surface area contributed by atoms with E-state index < -0.39 is 43.0 Å². The van der Waals surface area contributed by atoms with Crippen molar-refractivity contribution in [2.45, 2.75) is 6.18 Å². The summed E-state index contributed by atoms with van der Waals surface area (Å²) in [5, 5.41) is 9.45. The Balaban J connectivity index is 1.83. The van der Waals surface area contributed by atoms with E-state index in [-0.39, 0.29) is 12.2 Å². The van der Waals surface area contributed by atoms with E-state index in [0.717, 1.165) is 4.90 Å². The van der Waals surface area contributed by atoms with Gasteiger partial charge in [0.05, 0.1) is 17.4 Å². The SMILES string of the molecule is O=C(O)[C@@H]1CN(C(=O)C2=Cc3cc(Cl)ccc3OC2)C[C@H]1C(F)(F)F. The van der Waals surface area contributed by atoms with Crippen molar-refractivity contribution < 1.29 is 32.6 Å². The third-order valence-electron chi connectivity index (χ3n) is 4.30. The lowest BCUT2D eigenvalue weighted by Crippen LogP contribution is -2.35. The quantitative estimate of drug-likeness (QED) is 0.863. The maximum absolute atomic E-state index is 13.0. The number of carbonyl (C=O) groups excluding carboxylic acids is 1. The summed E-state index contributed by atoms with van der Waals surface area (Å²) in [5.74, 6) is -5.47. The van der Waals surface area contributed by atoms with Crippen molar-refractivity contribution in [1.29, 1.82) is 0 Å². The standard InChI is InChI=1S/C16H13ClF3NO4/c17-10-1-2-13-8(4-10)3-9(7-25-13)14(22)21-5-11(15(23)24)12(6-21)16(18,19)20/h1-4,11-12H,5-7H2,(H,23,24)/t11-,12-/m1/s1. The molecule has 2 atom stereocenters. The Hall–Kier alpha value is -2.22. The number of fused-ring (bicyclic) bond motifs is 1. The molecule has 0 aromatic heterocycles. The zero-order valence-electron chi connectivity index (χ0n) is 12.7. The van der Waals surface area contributed by atoms with Crippen molar-refractivity contribution in [3.63, 3.8) is 0 Å². The maximum Gasteiger partial charge on any atom is 0.394 e. The first kappa shape index (κ1) is 17.6. The van der Waals surface area contributed by atoms with Crippen LogP contribution in [-0.4, -0.2) is 47.8 Å². The molecule has 0 aliphatic carbocycles. The second-order valence-corrected chi connectivity index (χ2v) is 6.38. The Labute approximate surface area is 145 Å². The van der Waals surface area contributed by atoms with Crippen molar-refractivity contribution in [3.8, 4) is 5.75 Å². The van der Waals surface area contributed by atoms with Crippen LogP contribution in [-0.2, 0) is 9.59 Å². The summed E-state index contributed by atoms with van der Waals surface area (Å²) in [5.41, 5.74) is 0.699. The lowest BCUT2D eigenvalue weighted by molar-refractivity contribution is -0.188. The monoisotopic (exact) mass is 375 g/mol. The average Bonchev–Trinajstić information content (AvgIpc) is 2.99. The van der Waals surface area contributed by atoms with Gasteiger partial charge in [0.2, 0.25) is 0 Å². The van der Waals surface area contributed by atoms with Crippen LogP contribution in [0.2, 0.25) is 5.02 Å². The van der Waals surface area contributed by atoms with Crippen molar-refractivity contribution in [3.05, 3.63) is 34.4 Å². The Bertz CT molecular complexity index is 762. The number of ether oxygens (including phenoxy) is 1. The van der Waals surface area contributed by atoms with Crippen LogP contribution >= 0.6 is 11.6 Å². The second kappa shape index (κ2) is 6.25. The molecule has 5 nitrogen and oxygen atoms in total. The molecule has 0 bridgehead atoms. The van der Waals surface area contributed by atoms with Gasteiger partial charge in [-0.2, -0.15) is 13.2 Å². The van der Waals surface area contributed by atoms with Gasteiger partial charge in [0.25, 0.3) is 5.91 Å². The molecular weight excluding hydrogens is 363 g/mol. The molecule has 1 fully saturated rings. The molecule has 0 spiro atoms. The summed E-state index contributed by atoms with van der Waals surface area (Å²) in [6.45, 7) is -1.27. The van der Waals surface area contributed by atoms with E-state index in [0.29, 0.717) is 16.3 Å². The number of nitrogens with zero attached hydrogens (tertiary/aromatic N) is 1. The summed E-state index contributed by atoms with van der Waals surface area (Å²) in [6, 6.07) is 4.82. The fourth-order valence-corrected chi connectivity index (χ4v) is 3.21. The highest BCUT2D eigenvalue weighted by Gasteiger charge is 2.53. The molecule has 1 aromatic rings. The molecule has 25 heavy (non-hydrogen) atoms. The lowest BCUT2D eigenvalue weighted by Gasteiger charge is -2.22. The van der Waals surface area contributed by atoms with Gasteiger partial charge < -0.3 is 14.7 Å². The van der Waals surface area contributed by atoms with Crippen molar-refractivity contribution >= 4 is 29.6 Å². The summed E-state index contributed by atoms with van der Waals surface area (Å²) >= 11 is 5.88. The Morgan fingerprint density at radius 3 is 2.60 bits per heavy atom. The van der Waals surface area contributed by atoms with Gasteiger partial charge >= 0.3 is 12.1 Å². The summed E-state index contributed by atoms with van der Waals surface area (Å²) in [4.78, 5) is 24.6. The number of aliphatic carboxylic acids is 1. The number of carbonyl (C=O) groups is 2. The van der Waals surface area contributed by atoms with Gasteiger partial charge in [-0.1, -0.05) is 11.6 Å². The molecule has 0 unspecified atom stereocenters. The fourth-order valence-electron chi connectivity index (χ4n) is 3.03. The minimum absolute atomic E-state index is 0.0988. The Kier molecular flexibility index (Phi) is 4.40. The fraction of sp³-hybridized carbons (Fsp3) is 0.375. The molecule has 0 radical (unpaired) electrons. The number of carboxylic acid groups (broad SMARTS) is 1. The molecule has 1 amide bonds. The van der Waals surface area contributed by atoms with Gasteiger partial charge in [0, 0.05) is 23.7 Å². The number of hydrogen-bond donors (Lipinski definition) is 1. The van der Waals surface area contributed by atoms with E-state index in [1.165, 1.54) is 6.08 Å². The van der Waals surface area contributed by atoms with Crippen LogP contribution in [0.4, 0.5) is 13.2 Å². The lowest BCUT2D eigenvalue weighted by atomic mass is 9.96. The Morgan fingerprint density at radius 2 is 2.00 bits per heavy atom. The Morgan fingerprint density at radius 1 is 1.28 bits per heavy atom. The first-order chi connectivity index (χ1) is 11.7. The first-order valence-electron chi connectivity index (χ1n) is 7.38. The number of halogens is 4. The van der Waals surface area contributed by atoms with Crippen LogP contribution in [0.25, 0.3) is 6.08 Å². The second-order valence-electron chi connectivity index (χ2n) is 5.94. The number of likely N-dealkylation sites (tertiary alicyclic amines) is 1. The molecule has 2 heterocycles. The molecule has 1 aromatic carbocycles. The maximum atomic E-state index is 13.0. The van der Waals surface area contributed by atoms with Crippen LogP contribution in [0, 0.1) is 11.8 Å². The van der Waals surface area contributed by atoms with Gasteiger partial charge in [-0.3, -0.25) is 9.59 Å². The molecule has 2 aliphatic rings. The highest BCUT2D eigenvalue weighted by atomic mass is 35.5. The van der Waals surface area contributed by atoms with Crippen LogP contribution in [0.15, 0.2) is 23.8 Å². The van der Waals surface area contributed by atoms with Crippen molar-refractivity contribution in [1.82, 2.24) is 4.90 Å². The normalized spacial score (nSPS) is 22.9. The number of hydrogen-bond acceptors (Lipinski definition) is 3. The number of carboxylic acids is 1. The minimum Gasteiger partial charge on any atom is -0.488 e. The zero-order chi connectivity index (χ0) is 18.4. The molecule has 9 heteroatoms. The predicted molar refractivity (Wildman–Crippen MR) is 82.2 cm³/mol. The van der Waals surface area contributed by atoms with E-state index in [2.05, 4.69) is 0 Å². The van der Waals surface area contributed by atoms with Gasteiger partial charge in [-0.15, -0.1) is 0 Å². The number of benzene rings is 1. The molecule has 2 aliphatic heterocycles. The van der Waals surface area contributed by atoms with Crippen LogP contribution in [0.3, 0.4) is 0 Å². The van der Waals surface area contributed by atoms with Gasteiger partial charge in [0.15, 0.2) is 0 Å². The first-order valence-corrected chi connectivity index (χ1v) is 7.76. The third-order valence-corrected chi connectivity index (χ3v) is 4.54. The van der Waals surface area contributed by atoms with E-state index >= 15 is 0 Å². The van der Waals surface area contributed by atoms with Crippen molar-refractivity contribution in [2.75, 3.05) is 19.7 Å². The number of amides is 1. The van der Waals surface area contributed by atoms with Crippen molar-refractivity contribution in [2.24, 2.45) is 11.8 Å². The molecule has 134 valence electrons. The molecule has 0 saturated carbocycles. The minimum atomic E-state index is -4.68. The zero-order valence-corrected chi connectivity index (χ0v) is 13.5. The molecule has 3 rings (SSSR count). The van der Waals surface area contributed by atoms with Gasteiger partial charge in [-0.05, 0) is 24.3 Å². The average molecular weight is 376 g/mol. The largest absolute Gasteiger partial charge is 0.488 e. The van der Waals surface area contributed by atoms with Crippen LogP contribution in [0.1, 0.15) is 5.56 Å². The molecule has 1 N–H and O–H groups in total. The number of alkyl halides is 3. The van der Waals surface area contributed by atoms with E-state index in [9.17, 15) is 22.8 Å². The van der Waals surface area contributed by atoms with E-state index in [1.54, 1.807) is 18.2 Å². The molecule has 1 saturated heterocycles. The highest BCUT2D eigenvalue weighted by Crippen LogP contribution is 2.38.